The Morgan fingerprint density at radius 2 is 1.36 bits per heavy atom. The Morgan fingerprint density at radius 1 is 0.692 bits per heavy atom. The second-order valence-corrected chi connectivity index (χ2v) is 9.58. The second kappa shape index (κ2) is 10.0. The summed E-state index contributed by atoms with van der Waals surface area (Å²) in [6.45, 7) is 3.83. The van der Waals surface area contributed by atoms with Crippen LogP contribution in [0.3, 0.4) is 0 Å². The summed E-state index contributed by atoms with van der Waals surface area (Å²) in [5.74, 6) is -0.477. The van der Waals surface area contributed by atoms with E-state index in [4.69, 9.17) is 14.5 Å². The van der Waals surface area contributed by atoms with Gasteiger partial charge in [-0.25, -0.2) is 14.6 Å². The van der Waals surface area contributed by atoms with Crippen LogP contribution in [0.1, 0.15) is 37.4 Å². The van der Waals surface area contributed by atoms with Gasteiger partial charge in [-0.2, -0.15) is 0 Å². The highest BCUT2D eigenvalue weighted by Gasteiger charge is 2.22. The lowest BCUT2D eigenvalue weighted by Gasteiger charge is -2.16. The molecule has 1 aromatic heterocycles. The van der Waals surface area contributed by atoms with E-state index in [0.717, 1.165) is 38.1 Å². The molecule has 0 aliphatic carbocycles. The fourth-order valence-electron chi connectivity index (χ4n) is 5.05. The molecule has 6 rings (SSSR count). The summed E-state index contributed by atoms with van der Waals surface area (Å²) in [6.07, 6.45) is 0. The number of rotatable bonds is 5. The number of aromatic nitrogens is 1. The number of carbonyl (C=O) groups is 2. The number of hydrogen-bond acceptors (Lipinski definition) is 5. The van der Waals surface area contributed by atoms with Gasteiger partial charge in [0.1, 0.15) is 12.4 Å². The Labute approximate surface area is 225 Å². The number of benzene rings is 5. The monoisotopic (exact) mass is 511 g/mol. The number of aryl methyl sites for hydroxylation is 2. The van der Waals surface area contributed by atoms with Crippen LogP contribution in [0.2, 0.25) is 0 Å². The van der Waals surface area contributed by atoms with Crippen molar-refractivity contribution in [2.24, 2.45) is 0 Å². The first-order valence-corrected chi connectivity index (χ1v) is 12.7. The molecule has 1 heterocycles. The van der Waals surface area contributed by atoms with E-state index in [1.54, 1.807) is 12.1 Å². The van der Waals surface area contributed by atoms with E-state index < -0.39 is 11.9 Å². The van der Waals surface area contributed by atoms with E-state index >= 15 is 0 Å². The third kappa shape index (κ3) is 4.59. The minimum Gasteiger partial charge on any atom is -0.457 e. The molecule has 0 saturated heterocycles. The number of nitrogens with zero attached hydrogens (tertiary/aromatic N) is 1. The van der Waals surface area contributed by atoms with Gasteiger partial charge in [-0.15, -0.1) is 0 Å². The Kier molecular flexibility index (Phi) is 6.25. The predicted molar refractivity (Wildman–Crippen MR) is 153 cm³/mol. The number of hydrogen-bond donors (Lipinski definition) is 0. The highest BCUT2D eigenvalue weighted by atomic mass is 16.5. The lowest BCUT2D eigenvalue weighted by atomic mass is 9.97. The van der Waals surface area contributed by atoms with Crippen molar-refractivity contribution < 1.29 is 19.1 Å². The molecule has 0 unspecified atom stereocenters. The molecule has 5 nitrogen and oxygen atoms in total. The summed E-state index contributed by atoms with van der Waals surface area (Å²) >= 11 is 0. The third-order valence-electron chi connectivity index (χ3n) is 6.88. The first kappa shape index (κ1) is 24.3. The molecule has 0 aliphatic heterocycles. The Balaban J connectivity index is 1.38. The molecule has 190 valence electrons. The van der Waals surface area contributed by atoms with Crippen LogP contribution in [0.25, 0.3) is 32.6 Å². The molecule has 0 spiro atoms. The van der Waals surface area contributed by atoms with Gasteiger partial charge in [-0.3, -0.25) is 0 Å². The summed E-state index contributed by atoms with van der Waals surface area (Å²) in [7, 11) is 0. The predicted octanol–water partition coefficient (Wildman–Crippen LogP) is 7.73. The number of esters is 2. The van der Waals surface area contributed by atoms with Crippen molar-refractivity contribution in [3.8, 4) is 5.75 Å². The molecule has 5 heteroatoms. The minimum absolute atomic E-state index is 0.185. The molecule has 0 aliphatic rings. The first-order valence-electron chi connectivity index (χ1n) is 12.7. The van der Waals surface area contributed by atoms with E-state index in [2.05, 4.69) is 0 Å². The van der Waals surface area contributed by atoms with Crippen LogP contribution in [-0.2, 0) is 11.3 Å². The minimum atomic E-state index is -0.472. The molecule has 0 fully saturated rings. The topological polar surface area (TPSA) is 65.5 Å². The lowest BCUT2D eigenvalue weighted by molar-refractivity contribution is 0.0472. The number of fused-ring (bicyclic) bond motifs is 4. The van der Waals surface area contributed by atoms with Crippen molar-refractivity contribution in [3.63, 3.8) is 0 Å². The molecule has 0 atom stereocenters. The van der Waals surface area contributed by atoms with E-state index in [1.165, 1.54) is 0 Å². The van der Waals surface area contributed by atoms with Crippen LogP contribution < -0.4 is 4.74 Å². The maximum absolute atomic E-state index is 13.9. The molecule has 39 heavy (non-hydrogen) atoms. The van der Waals surface area contributed by atoms with Gasteiger partial charge in [0.25, 0.3) is 0 Å². The summed E-state index contributed by atoms with van der Waals surface area (Å²) in [5, 5.41) is 3.43. The van der Waals surface area contributed by atoms with Crippen molar-refractivity contribution in [1.29, 1.82) is 0 Å². The second-order valence-electron chi connectivity index (χ2n) is 9.58. The standard InChI is InChI=1S/C34H25NO4/c1-21-18-25(33(36)38-20-23-10-4-3-5-11-23)19-22(2)32(21)39-34(37)31-27-14-8-9-15-28(27)35-29-17-16-24-12-6-7-13-26(24)30(29)31/h3-19H,20H2,1-2H3. The van der Waals surface area contributed by atoms with Gasteiger partial charge < -0.3 is 9.47 Å². The van der Waals surface area contributed by atoms with Crippen LogP contribution in [-0.4, -0.2) is 16.9 Å². The fourth-order valence-corrected chi connectivity index (χ4v) is 5.05. The zero-order valence-corrected chi connectivity index (χ0v) is 21.6. The van der Waals surface area contributed by atoms with Crippen LogP contribution in [0, 0.1) is 13.8 Å². The molecule has 0 saturated carbocycles. The highest BCUT2D eigenvalue weighted by Crippen LogP contribution is 2.34. The van der Waals surface area contributed by atoms with E-state index in [-0.39, 0.29) is 6.61 Å². The van der Waals surface area contributed by atoms with Crippen molar-refractivity contribution in [1.82, 2.24) is 4.98 Å². The summed E-state index contributed by atoms with van der Waals surface area (Å²) in [6, 6.07) is 32.4. The van der Waals surface area contributed by atoms with Crippen LogP contribution in [0.15, 0.2) is 103 Å². The number of para-hydroxylation sites is 1. The van der Waals surface area contributed by atoms with Crippen molar-refractivity contribution >= 4 is 44.5 Å². The Hall–Kier alpha value is -5.03. The maximum Gasteiger partial charge on any atom is 0.344 e. The Bertz CT molecular complexity index is 1870. The zero-order valence-electron chi connectivity index (χ0n) is 21.6. The van der Waals surface area contributed by atoms with Crippen LogP contribution in [0.4, 0.5) is 0 Å². The van der Waals surface area contributed by atoms with Crippen molar-refractivity contribution in [2.75, 3.05) is 0 Å². The van der Waals surface area contributed by atoms with Gasteiger partial charge in [0.15, 0.2) is 0 Å². The third-order valence-corrected chi connectivity index (χ3v) is 6.88. The van der Waals surface area contributed by atoms with Gasteiger partial charge in [0.2, 0.25) is 0 Å². The number of carbonyl (C=O) groups excluding carboxylic acids is 2. The maximum atomic E-state index is 13.9. The molecule has 0 N–H and O–H groups in total. The highest BCUT2D eigenvalue weighted by molar-refractivity contribution is 6.22. The van der Waals surface area contributed by atoms with E-state index in [9.17, 15) is 9.59 Å². The van der Waals surface area contributed by atoms with Crippen LogP contribution in [0.5, 0.6) is 5.75 Å². The Morgan fingerprint density at radius 3 is 2.13 bits per heavy atom. The summed E-state index contributed by atoms with van der Waals surface area (Å²) < 4.78 is 11.6. The van der Waals surface area contributed by atoms with Gasteiger partial charge in [-0.1, -0.05) is 78.9 Å². The number of pyridine rings is 1. The van der Waals surface area contributed by atoms with Crippen molar-refractivity contribution in [3.05, 3.63) is 131 Å². The normalized spacial score (nSPS) is 11.1. The van der Waals surface area contributed by atoms with Crippen LogP contribution >= 0.6 is 0 Å². The molecular formula is C34H25NO4. The average molecular weight is 512 g/mol. The van der Waals surface area contributed by atoms with Crippen molar-refractivity contribution in [2.45, 2.75) is 20.5 Å². The zero-order chi connectivity index (χ0) is 26.9. The molecule has 0 amide bonds. The number of ether oxygens (including phenoxy) is 2. The van der Waals surface area contributed by atoms with Gasteiger partial charge in [0, 0.05) is 10.8 Å². The molecule has 6 aromatic rings. The van der Waals surface area contributed by atoms with E-state index in [0.29, 0.717) is 28.0 Å². The quantitative estimate of drug-likeness (QED) is 0.103. The summed E-state index contributed by atoms with van der Waals surface area (Å²) in [5.41, 5.74) is 4.57. The van der Waals surface area contributed by atoms with Gasteiger partial charge in [-0.05, 0) is 65.6 Å². The summed E-state index contributed by atoms with van der Waals surface area (Å²) in [4.78, 5) is 31.5. The van der Waals surface area contributed by atoms with E-state index in [1.807, 2.05) is 105 Å². The average Bonchev–Trinajstić information content (AvgIpc) is 2.96. The molecule has 0 radical (unpaired) electrons. The largest absolute Gasteiger partial charge is 0.457 e. The van der Waals surface area contributed by atoms with Gasteiger partial charge >= 0.3 is 11.9 Å². The van der Waals surface area contributed by atoms with Gasteiger partial charge in [0.05, 0.1) is 22.2 Å². The molecule has 5 aromatic carbocycles. The molecular weight excluding hydrogens is 486 g/mol. The fraction of sp³-hybridized carbons (Fsp3) is 0.0882. The molecule has 0 bridgehead atoms. The SMILES string of the molecule is Cc1cc(C(=O)OCc2ccccc2)cc(C)c1OC(=O)c1c2ccccc2nc2ccc3ccccc3c12. The lowest BCUT2D eigenvalue weighted by Crippen LogP contribution is -2.13. The first-order chi connectivity index (χ1) is 19.0. The smallest absolute Gasteiger partial charge is 0.344 e.